The summed E-state index contributed by atoms with van der Waals surface area (Å²) in [6.45, 7) is 7.17. The van der Waals surface area contributed by atoms with Gasteiger partial charge in [-0.2, -0.15) is 0 Å². The van der Waals surface area contributed by atoms with Crippen molar-refractivity contribution in [3.05, 3.63) is 12.2 Å². The highest BCUT2D eigenvalue weighted by Crippen LogP contribution is 2.23. The van der Waals surface area contributed by atoms with Gasteiger partial charge in [-0.3, -0.25) is 0 Å². The highest BCUT2D eigenvalue weighted by molar-refractivity contribution is 5.87. The summed E-state index contributed by atoms with van der Waals surface area (Å²) in [5.74, 6) is -2.51. The smallest absolute Gasteiger partial charge is 0.335 e. The quantitative estimate of drug-likeness (QED) is 0.251. The summed E-state index contributed by atoms with van der Waals surface area (Å²) in [5, 5.41) is 19.9. The number of unbranched alkanes of at least 4 members (excludes halogenated alkanes) is 5. The molecular weight excluding hydrogens is 272 g/mol. The van der Waals surface area contributed by atoms with E-state index in [4.69, 9.17) is 9.47 Å². The third-order valence-corrected chi connectivity index (χ3v) is 3.40. The molecule has 0 saturated heterocycles. The first-order valence-corrected chi connectivity index (χ1v) is 7.61. The lowest BCUT2D eigenvalue weighted by molar-refractivity contribution is -0.244. The molecule has 0 amide bonds. The minimum atomic E-state index is -1.83. The Balaban J connectivity index is 3.99. The topological polar surface area (TPSA) is 76.0 Å². The van der Waals surface area contributed by atoms with Gasteiger partial charge in [-0.25, -0.2) is 4.79 Å². The van der Waals surface area contributed by atoms with Crippen LogP contribution in [0.2, 0.25) is 0 Å². The van der Waals surface area contributed by atoms with E-state index in [0.717, 1.165) is 38.7 Å². The first kappa shape index (κ1) is 20.1. The van der Waals surface area contributed by atoms with Crippen molar-refractivity contribution >= 4 is 5.97 Å². The molecule has 2 unspecified atom stereocenters. The van der Waals surface area contributed by atoms with Crippen LogP contribution in [-0.4, -0.2) is 41.8 Å². The number of carbonyl (C=O) groups excluding carboxylic acids is 1. The molecule has 21 heavy (non-hydrogen) atoms. The number of aliphatic hydroxyl groups excluding tert-OH is 1. The van der Waals surface area contributed by atoms with Gasteiger partial charge in [-0.15, -0.1) is 0 Å². The van der Waals surface area contributed by atoms with Gasteiger partial charge in [0, 0.05) is 25.7 Å². The highest BCUT2D eigenvalue weighted by atomic mass is 16.7. The number of hydrogen-bond acceptors (Lipinski definition) is 5. The molecular formula is C16H30O5. The van der Waals surface area contributed by atoms with Crippen molar-refractivity contribution in [3.63, 3.8) is 0 Å². The highest BCUT2D eigenvalue weighted by Gasteiger charge is 2.36. The zero-order valence-electron chi connectivity index (χ0n) is 13.6. The molecule has 0 heterocycles. The maximum Gasteiger partial charge on any atom is 0.335 e. The van der Waals surface area contributed by atoms with Gasteiger partial charge in [-0.1, -0.05) is 32.3 Å². The van der Waals surface area contributed by atoms with Crippen LogP contribution < -0.4 is 0 Å². The summed E-state index contributed by atoms with van der Waals surface area (Å²) in [6.07, 6.45) is 5.05. The monoisotopic (exact) mass is 302 g/mol. The molecule has 0 bridgehead atoms. The lowest BCUT2D eigenvalue weighted by atomic mass is 10.0. The molecule has 0 spiro atoms. The largest absolute Gasteiger partial charge is 0.427 e. The fraction of sp³-hybridized carbons (Fsp3) is 0.812. The van der Waals surface area contributed by atoms with Crippen LogP contribution in [0.5, 0.6) is 0 Å². The second-order valence-corrected chi connectivity index (χ2v) is 5.55. The van der Waals surface area contributed by atoms with Crippen molar-refractivity contribution in [2.24, 2.45) is 0 Å². The SMILES string of the molecule is C=C(C)C(=O)OC(O)(CCCCCCCCOC)C(C)O. The van der Waals surface area contributed by atoms with Crippen LogP contribution >= 0.6 is 0 Å². The number of carbonyl (C=O) groups is 1. The zero-order valence-corrected chi connectivity index (χ0v) is 13.6. The molecule has 0 rings (SSSR count). The molecule has 0 saturated carbocycles. The van der Waals surface area contributed by atoms with E-state index in [9.17, 15) is 15.0 Å². The van der Waals surface area contributed by atoms with Crippen LogP contribution in [0.3, 0.4) is 0 Å². The summed E-state index contributed by atoms with van der Waals surface area (Å²) >= 11 is 0. The van der Waals surface area contributed by atoms with E-state index in [1.807, 2.05) is 0 Å². The Hall–Kier alpha value is -0.910. The van der Waals surface area contributed by atoms with Crippen molar-refractivity contribution in [1.82, 2.24) is 0 Å². The normalized spacial score (nSPS) is 15.3. The first-order valence-electron chi connectivity index (χ1n) is 7.61. The summed E-state index contributed by atoms with van der Waals surface area (Å²) in [6, 6.07) is 0. The Morgan fingerprint density at radius 3 is 2.19 bits per heavy atom. The third-order valence-electron chi connectivity index (χ3n) is 3.40. The molecule has 0 aromatic heterocycles. The molecule has 0 aliphatic heterocycles. The Kier molecular flexibility index (Phi) is 10.3. The number of methoxy groups -OCH3 is 1. The number of esters is 1. The summed E-state index contributed by atoms with van der Waals surface area (Å²) < 4.78 is 9.95. The first-order chi connectivity index (χ1) is 9.83. The van der Waals surface area contributed by atoms with Crippen LogP contribution in [0.15, 0.2) is 12.2 Å². The van der Waals surface area contributed by atoms with E-state index < -0.39 is 17.9 Å². The average Bonchev–Trinajstić information content (AvgIpc) is 2.41. The molecule has 0 fully saturated rings. The predicted molar refractivity (Wildman–Crippen MR) is 81.7 cm³/mol. The molecule has 0 aromatic carbocycles. The van der Waals surface area contributed by atoms with Gasteiger partial charge in [0.1, 0.15) is 6.10 Å². The summed E-state index contributed by atoms with van der Waals surface area (Å²) in [7, 11) is 1.70. The second kappa shape index (κ2) is 10.8. The van der Waals surface area contributed by atoms with E-state index in [2.05, 4.69) is 6.58 Å². The molecule has 5 heteroatoms. The molecule has 0 aliphatic carbocycles. The number of ether oxygens (including phenoxy) is 2. The summed E-state index contributed by atoms with van der Waals surface area (Å²) in [5.41, 5.74) is 0.201. The van der Waals surface area contributed by atoms with E-state index in [-0.39, 0.29) is 12.0 Å². The Bertz CT molecular complexity index is 314. The van der Waals surface area contributed by atoms with Crippen molar-refractivity contribution in [3.8, 4) is 0 Å². The van der Waals surface area contributed by atoms with E-state index in [1.165, 1.54) is 13.8 Å². The number of rotatable bonds is 12. The standard InChI is InChI=1S/C16H30O5/c1-13(2)15(18)21-16(19,14(3)17)11-9-7-5-6-8-10-12-20-4/h14,17,19H,1,5-12H2,2-4H3. The zero-order chi connectivity index (χ0) is 16.3. The van der Waals surface area contributed by atoms with Crippen LogP contribution in [-0.2, 0) is 14.3 Å². The van der Waals surface area contributed by atoms with E-state index >= 15 is 0 Å². The molecule has 0 aliphatic rings. The minimum absolute atomic E-state index is 0.201. The van der Waals surface area contributed by atoms with Gasteiger partial charge in [0.15, 0.2) is 0 Å². The van der Waals surface area contributed by atoms with Crippen molar-refractivity contribution in [2.75, 3.05) is 13.7 Å². The molecule has 5 nitrogen and oxygen atoms in total. The Labute approximate surface area is 128 Å². The van der Waals surface area contributed by atoms with E-state index in [0.29, 0.717) is 6.42 Å². The van der Waals surface area contributed by atoms with Crippen LogP contribution in [0, 0.1) is 0 Å². The van der Waals surface area contributed by atoms with Gasteiger partial charge in [0.2, 0.25) is 5.79 Å². The number of hydrogen-bond donors (Lipinski definition) is 2. The predicted octanol–water partition coefficient (Wildman–Crippen LogP) is 2.55. The van der Waals surface area contributed by atoms with Gasteiger partial charge in [0.05, 0.1) is 0 Å². The molecule has 2 N–H and O–H groups in total. The number of aliphatic hydroxyl groups is 2. The van der Waals surface area contributed by atoms with E-state index in [1.54, 1.807) is 7.11 Å². The summed E-state index contributed by atoms with van der Waals surface area (Å²) in [4.78, 5) is 11.5. The third kappa shape index (κ3) is 8.86. The lowest BCUT2D eigenvalue weighted by Gasteiger charge is -2.30. The van der Waals surface area contributed by atoms with Crippen LogP contribution in [0.4, 0.5) is 0 Å². The van der Waals surface area contributed by atoms with Gasteiger partial charge in [-0.05, 0) is 26.7 Å². The second-order valence-electron chi connectivity index (χ2n) is 5.55. The van der Waals surface area contributed by atoms with Crippen LogP contribution in [0.25, 0.3) is 0 Å². The fourth-order valence-electron chi connectivity index (χ4n) is 1.92. The minimum Gasteiger partial charge on any atom is -0.427 e. The molecule has 124 valence electrons. The maximum atomic E-state index is 11.5. The van der Waals surface area contributed by atoms with Gasteiger partial charge < -0.3 is 19.7 Å². The van der Waals surface area contributed by atoms with Gasteiger partial charge in [0.25, 0.3) is 0 Å². The molecule has 0 radical (unpaired) electrons. The molecule has 0 aromatic rings. The fourth-order valence-corrected chi connectivity index (χ4v) is 1.92. The maximum absolute atomic E-state index is 11.5. The Morgan fingerprint density at radius 1 is 1.19 bits per heavy atom. The van der Waals surface area contributed by atoms with Crippen molar-refractivity contribution < 1.29 is 24.5 Å². The lowest BCUT2D eigenvalue weighted by Crippen LogP contribution is -2.45. The average molecular weight is 302 g/mol. The Morgan fingerprint density at radius 2 is 1.71 bits per heavy atom. The van der Waals surface area contributed by atoms with Crippen molar-refractivity contribution in [1.29, 1.82) is 0 Å². The van der Waals surface area contributed by atoms with Gasteiger partial charge >= 0.3 is 5.97 Å². The van der Waals surface area contributed by atoms with Crippen molar-refractivity contribution in [2.45, 2.75) is 70.7 Å². The molecule has 2 atom stereocenters. The van der Waals surface area contributed by atoms with Crippen LogP contribution in [0.1, 0.15) is 58.8 Å².